The molecule has 1 aliphatic rings. The van der Waals surface area contributed by atoms with Crippen LogP contribution in [0.15, 0.2) is 72.0 Å². The molecule has 1 heterocycles. The van der Waals surface area contributed by atoms with Crippen LogP contribution in [0.3, 0.4) is 0 Å². The van der Waals surface area contributed by atoms with E-state index in [0.717, 1.165) is 43.1 Å². The molecule has 0 atom stereocenters. The molecule has 0 bridgehead atoms. The van der Waals surface area contributed by atoms with Gasteiger partial charge in [-0.15, -0.1) is 0 Å². The summed E-state index contributed by atoms with van der Waals surface area (Å²) in [6, 6.07) is 15.3. The molecule has 2 aromatic rings. The first kappa shape index (κ1) is 26.5. The van der Waals surface area contributed by atoms with Crippen LogP contribution in [0.1, 0.15) is 12.5 Å². The van der Waals surface area contributed by atoms with E-state index in [-0.39, 0.29) is 11.8 Å². The Bertz CT molecular complexity index is 1110. The fraction of sp³-hybridized carbons (Fsp3) is 0.296. The third-order valence-electron chi connectivity index (χ3n) is 5.63. The number of carbonyl (C=O) groups is 2. The lowest BCUT2D eigenvalue weighted by atomic mass is 10.1. The van der Waals surface area contributed by atoms with Gasteiger partial charge in [-0.2, -0.15) is 0 Å². The number of likely N-dealkylation sites (N-methyl/N-ethyl adjacent to an activating group) is 1. The Labute approximate surface area is 213 Å². The summed E-state index contributed by atoms with van der Waals surface area (Å²) in [5.41, 5.74) is 10.2. The van der Waals surface area contributed by atoms with Crippen molar-refractivity contribution in [1.29, 1.82) is 0 Å². The maximum Gasteiger partial charge on any atom is 0.236 e. The van der Waals surface area contributed by atoms with Gasteiger partial charge < -0.3 is 31.1 Å². The van der Waals surface area contributed by atoms with Crippen LogP contribution in [0.4, 0.5) is 17.1 Å². The molecule has 2 amide bonds. The minimum absolute atomic E-state index is 0.120. The first-order valence-electron chi connectivity index (χ1n) is 11.8. The monoisotopic (exact) mass is 489 g/mol. The van der Waals surface area contributed by atoms with Gasteiger partial charge in [0.05, 0.1) is 6.54 Å². The van der Waals surface area contributed by atoms with E-state index >= 15 is 0 Å². The first-order chi connectivity index (χ1) is 17.2. The quantitative estimate of drug-likeness (QED) is 0.468. The Balaban J connectivity index is 1.48. The summed E-state index contributed by atoms with van der Waals surface area (Å²) < 4.78 is 0. The van der Waals surface area contributed by atoms with Gasteiger partial charge >= 0.3 is 0 Å². The van der Waals surface area contributed by atoms with Gasteiger partial charge in [-0.25, -0.2) is 4.99 Å². The molecule has 4 N–H and O–H groups in total. The lowest BCUT2D eigenvalue weighted by Crippen LogP contribution is -2.50. The van der Waals surface area contributed by atoms with E-state index in [1.165, 1.54) is 6.92 Å². The summed E-state index contributed by atoms with van der Waals surface area (Å²) in [5, 5.41) is 5.89. The number of aliphatic imine (C=N–C) groups is 1. The first-order valence-corrected chi connectivity index (χ1v) is 11.8. The van der Waals surface area contributed by atoms with Crippen molar-refractivity contribution in [1.82, 2.24) is 9.80 Å². The number of amides is 2. The van der Waals surface area contributed by atoms with E-state index in [2.05, 4.69) is 39.2 Å². The molecule has 2 aromatic carbocycles. The highest BCUT2D eigenvalue weighted by Crippen LogP contribution is 2.20. The van der Waals surface area contributed by atoms with Crippen LogP contribution in [0.25, 0.3) is 5.70 Å². The molecule has 0 saturated carbocycles. The summed E-state index contributed by atoms with van der Waals surface area (Å²) >= 11 is 0. The molecule has 0 unspecified atom stereocenters. The predicted octanol–water partition coefficient (Wildman–Crippen LogP) is 2.81. The Morgan fingerprint density at radius 1 is 1.00 bits per heavy atom. The van der Waals surface area contributed by atoms with E-state index in [0.29, 0.717) is 23.8 Å². The van der Waals surface area contributed by atoms with Crippen molar-refractivity contribution in [3.63, 3.8) is 0 Å². The number of rotatable bonds is 9. The number of piperazine rings is 1. The maximum atomic E-state index is 12.2. The molecule has 36 heavy (non-hydrogen) atoms. The second-order valence-electron chi connectivity index (χ2n) is 8.88. The molecule has 0 aliphatic carbocycles. The number of hydrogen-bond acceptors (Lipinski definition) is 7. The lowest BCUT2D eigenvalue weighted by molar-refractivity contribution is -0.132. The highest BCUT2D eigenvalue weighted by molar-refractivity contribution is 5.89. The zero-order valence-electron chi connectivity index (χ0n) is 21.2. The molecule has 9 nitrogen and oxygen atoms in total. The largest absolute Gasteiger partial charge is 0.398 e. The SMILES string of the molecule is C=C(N=C/C=C(\N)c1ccc(NC(C)=O)cc1)Nc1ccc(N2CCN(C(=O)CN(C)C)CC2)cc1. The average Bonchev–Trinajstić information content (AvgIpc) is 2.84. The number of carbonyl (C=O) groups excluding carboxylic acids is 2. The van der Waals surface area contributed by atoms with Crippen molar-refractivity contribution in [2.75, 3.05) is 62.4 Å². The van der Waals surface area contributed by atoms with Gasteiger partial charge in [0, 0.05) is 62.1 Å². The van der Waals surface area contributed by atoms with Gasteiger partial charge in [-0.3, -0.25) is 9.59 Å². The zero-order valence-corrected chi connectivity index (χ0v) is 21.2. The number of nitrogens with zero attached hydrogens (tertiary/aromatic N) is 4. The van der Waals surface area contributed by atoms with Gasteiger partial charge in [0.15, 0.2) is 0 Å². The molecule has 190 valence electrons. The van der Waals surface area contributed by atoms with Crippen molar-refractivity contribution >= 4 is 40.8 Å². The number of hydrogen-bond donors (Lipinski definition) is 3. The third-order valence-corrected chi connectivity index (χ3v) is 5.63. The van der Waals surface area contributed by atoms with Crippen LogP contribution < -0.4 is 21.3 Å². The van der Waals surface area contributed by atoms with Crippen molar-refractivity contribution in [2.24, 2.45) is 10.7 Å². The summed E-state index contributed by atoms with van der Waals surface area (Å²) in [7, 11) is 3.82. The van der Waals surface area contributed by atoms with Crippen LogP contribution in [0, 0.1) is 0 Å². The van der Waals surface area contributed by atoms with Crippen molar-refractivity contribution in [2.45, 2.75) is 6.92 Å². The topological polar surface area (TPSA) is 106 Å². The fourth-order valence-electron chi connectivity index (χ4n) is 3.79. The summed E-state index contributed by atoms with van der Waals surface area (Å²) in [6.07, 6.45) is 3.30. The van der Waals surface area contributed by atoms with E-state index in [1.807, 2.05) is 48.2 Å². The van der Waals surface area contributed by atoms with Crippen LogP contribution in [0.5, 0.6) is 0 Å². The Kier molecular flexibility index (Phi) is 9.24. The second kappa shape index (κ2) is 12.6. The molecule has 0 aromatic heterocycles. The number of benzene rings is 2. The highest BCUT2D eigenvalue weighted by atomic mass is 16.2. The Morgan fingerprint density at radius 2 is 1.58 bits per heavy atom. The standard InChI is InChI=1S/C27H35N7O2/c1-20(29-14-13-26(28)22-5-7-24(8-6-22)31-21(2)35)30-23-9-11-25(12-10-23)33-15-17-34(18-16-33)27(36)19-32(3)4/h5-14,30H,1,15-19,28H2,2-4H3,(H,31,35)/b26-13-,29-14?. The summed E-state index contributed by atoms with van der Waals surface area (Å²) in [6.45, 7) is 8.94. The van der Waals surface area contributed by atoms with Gasteiger partial charge in [-0.1, -0.05) is 18.7 Å². The summed E-state index contributed by atoms with van der Waals surface area (Å²) in [5.74, 6) is 0.543. The lowest BCUT2D eigenvalue weighted by Gasteiger charge is -2.36. The van der Waals surface area contributed by atoms with Crippen molar-refractivity contribution < 1.29 is 9.59 Å². The van der Waals surface area contributed by atoms with Crippen LogP contribution in [-0.4, -0.2) is 74.6 Å². The zero-order chi connectivity index (χ0) is 26.1. The fourth-order valence-corrected chi connectivity index (χ4v) is 3.79. The van der Waals surface area contributed by atoms with Crippen LogP contribution in [0.2, 0.25) is 0 Å². The van der Waals surface area contributed by atoms with Gasteiger partial charge in [0.1, 0.15) is 5.82 Å². The molecule has 0 radical (unpaired) electrons. The second-order valence-corrected chi connectivity index (χ2v) is 8.88. The van der Waals surface area contributed by atoms with Crippen LogP contribution in [-0.2, 0) is 9.59 Å². The summed E-state index contributed by atoms with van der Waals surface area (Å²) in [4.78, 5) is 33.8. The minimum atomic E-state index is -0.120. The van der Waals surface area contributed by atoms with E-state index < -0.39 is 0 Å². The van der Waals surface area contributed by atoms with Crippen molar-refractivity contribution in [3.8, 4) is 0 Å². The molecule has 0 spiro atoms. The van der Waals surface area contributed by atoms with Gasteiger partial charge in [0.25, 0.3) is 0 Å². The predicted molar refractivity (Wildman–Crippen MR) is 148 cm³/mol. The smallest absolute Gasteiger partial charge is 0.236 e. The van der Waals surface area contributed by atoms with Crippen LogP contribution >= 0.6 is 0 Å². The average molecular weight is 490 g/mol. The number of allylic oxidation sites excluding steroid dienone is 1. The number of nitrogens with one attached hydrogen (secondary N) is 2. The van der Waals surface area contributed by atoms with E-state index in [9.17, 15) is 9.59 Å². The van der Waals surface area contributed by atoms with Crippen molar-refractivity contribution in [3.05, 3.63) is 72.6 Å². The maximum absolute atomic E-state index is 12.2. The van der Waals surface area contributed by atoms with Gasteiger partial charge in [0.2, 0.25) is 11.8 Å². The number of anilines is 3. The molecule has 1 fully saturated rings. The molecule has 3 rings (SSSR count). The Hall–Kier alpha value is -4.11. The molecular formula is C27H35N7O2. The van der Waals surface area contributed by atoms with E-state index in [1.54, 1.807) is 24.4 Å². The van der Waals surface area contributed by atoms with E-state index in [4.69, 9.17) is 5.73 Å². The molecule has 1 saturated heterocycles. The van der Waals surface area contributed by atoms with Gasteiger partial charge in [-0.05, 0) is 62.1 Å². The number of nitrogens with two attached hydrogens (primary N) is 1. The molecule has 9 heteroatoms. The molecular weight excluding hydrogens is 454 g/mol. The minimum Gasteiger partial charge on any atom is -0.398 e. The molecule has 1 aliphatic heterocycles. The normalized spacial score (nSPS) is 14.3. The highest BCUT2D eigenvalue weighted by Gasteiger charge is 2.21. The Morgan fingerprint density at radius 3 is 2.17 bits per heavy atom. The third kappa shape index (κ3) is 7.99.